The maximum Gasteiger partial charge on any atom is 0.224 e. The second-order valence-corrected chi connectivity index (χ2v) is 7.51. The van der Waals surface area contributed by atoms with Crippen molar-refractivity contribution >= 4 is 16.9 Å². The molecule has 1 aromatic heterocycles. The van der Waals surface area contributed by atoms with Crippen molar-refractivity contribution in [2.24, 2.45) is 5.92 Å². The van der Waals surface area contributed by atoms with E-state index in [2.05, 4.69) is 9.55 Å². The minimum Gasteiger partial charge on any atom is -0.497 e. The number of benzene rings is 2. The van der Waals surface area contributed by atoms with Gasteiger partial charge in [-0.15, -0.1) is 0 Å². The summed E-state index contributed by atoms with van der Waals surface area (Å²) in [6, 6.07) is 15.7. The van der Waals surface area contributed by atoms with Crippen LogP contribution in [0.3, 0.4) is 0 Å². The first-order valence-corrected chi connectivity index (χ1v) is 10.2. The molecule has 1 fully saturated rings. The van der Waals surface area contributed by atoms with Crippen molar-refractivity contribution in [1.29, 1.82) is 0 Å². The normalized spacial score (nSPS) is 16.7. The number of para-hydroxylation sites is 2. The van der Waals surface area contributed by atoms with Crippen LogP contribution in [0.2, 0.25) is 0 Å². The minimum atomic E-state index is 0.203. The lowest BCUT2D eigenvalue weighted by Gasteiger charge is -2.32. The molecule has 152 valence electrons. The Hall–Kier alpha value is -3.02. The number of amides is 1. The molecule has 1 aliphatic rings. The molecule has 0 aliphatic carbocycles. The van der Waals surface area contributed by atoms with Gasteiger partial charge in [0.15, 0.2) is 0 Å². The van der Waals surface area contributed by atoms with Crippen molar-refractivity contribution in [2.75, 3.05) is 26.8 Å². The fourth-order valence-corrected chi connectivity index (χ4v) is 3.90. The first kappa shape index (κ1) is 19.3. The number of hydrogen-bond acceptors (Lipinski definition) is 4. The molecule has 6 nitrogen and oxygen atoms in total. The number of imidazole rings is 1. The lowest BCUT2D eigenvalue weighted by molar-refractivity contribution is -0.133. The molecule has 1 aliphatic heterocycles. The van der Waals surface area contributed by atoms with Crippen LogP contribution < -0.4 is 9.47 Å². The molecule has 2 aromatic carbocycles. The van der Waals surface area contributed by atoms with Gasteiger partial charge in [0.1, 0.15) is 11.5 Å². The molecule has 6 heteroatoms. The second-order valence-electron chi connectivity index (χ2n) is 7.51. The molecular weight excluding hydrogens is 366 g/mol. The third-order valence-electron chi connectivity index (χ3n) is 5.49. The molecule has 0 saturated carbocycles. The Labute approximate surface area is 171 Å². The van der Waals surface area contributed by atoms with Crippen molar-refractivity contribution < 1.29 is 14.3 Å². The van der Waals surface area contributed by atoms with Crippen LogP contribution in [0.25, 0.3) is 11.0 Å². The van der Waals surface area contributed by atoms with E-state index in [0.29, 0.717) is 25.5 Å². The number of hydrogen-bond donors (Lipinski definition) is 0. The fraction of sp³-hybridized carbons (Fsp3) is 0.391. The summed E-state index contributed by atoms with van der Waals surface area (Å²) in [7, 11) is 1.65. The molecular formula is C23H27N3O3. The Morgan fingerprint density at radius 3 is 2.93 bits per heavy atom. The zero-order valence-electron chi connectivity index (χ0n) is 16.8. The monoisotopic (exact) mass is 393 g/mol. The number of likely N-dealkylation sites (tertiary alicyclic amines) is 1. The summed E-state index contributed by atoms with van der Waals surface area (Å²) in [6.07, 6.45) is 4.41. The zero-order chi connectivity index (χ0) is 20.1. The number of rotatable bonds is 7. The van der Waals surface area contributed by atoms with Crippen LogP contribution in [-0.2, 0) is 11.3 Å². The predicted molar refractivity (Wildman–Crippen MR) is 112 cm³/mol. The van der Waals surface area contributed by atoms with Gasteiger partial charge in [-0.1, -0.05) is 18.2 Å². The predicted octanol–water partition coefficient (Wildman–Crippen LogP) is 3.75. The number of fused-ring (bicyclic) bond motifs is 1. The van der Waals surface area contributed by atoms with Gasteiger partial charge >= 0.3 is 0 Å². The summed E-state index contributed by atoms with van der Waals surface area (Å²) in [4.78, 5) is 19.2. The molecule has 1 saturated heterocycles. The van der Waals surface area contributed by atoms with Crippen LogP contribution in [0.15, 0.2) is 54.9 Å². The van der Waals surface area contributed by atoms with E-state index in [0.717, 1.165) is 48.5 Å². The van der Waals surface area contributed by atoms with Gasteiger partial charge in [-0.2, -0.15) is 0 Å². The van der Waals surface area contributed by atoms with Crippen LogP contribution in [0, 0.1) is 5.92 Å². The largest absolute Gasteiger partial charge is 0.497 e. The van der Waals surface area contributed by atoms with Gasteiger partial charge in [-0.3, -0.25) is 4.79 Å². The highest BCUT2D eigenvalue weighted by Crippen LogP contribution is 2.22. The summed E-state index contributed by atoms with van der Waals surface area (Å²) in [6.45, 7) is 2.86. The van der Waals surface area contributed by atoms with E-state index >= 15 is 0 Å². The van der Waals surface area contributed by atoms with Gasteiger partial charge in [0.05, 0.1) is 31.1 Å². The highest BCUT2D eigenvalue weighted by molar-refractivity contribution is 5.77. The first-order chi connectivity index (χ1) is 14.2. The fourth-order valence-electron chi connectivity index (χ4n) is 3.90. The summed E-state index contributed by atoms with van der Waals surface area (Å²) < 4.78 is 13.2. The zero-order valence-corrected chi connectivity index (χ0v) is 16.8. The standard InChI is InChI=1S/C23H27N3O3/c1-28-19-7-4-8-20(14-19)29-16-18-6-5-12-25(15-18)23(27)11-13-26-17-24-21-9-2-3-10-22(21)26/h2-4,7-10,14,17-18H,5-6,11-13,15-16H2,1H3. The highest BCUT2D eigenvalue weighted by atomic mass is 16.5. The Morgan fingerprint density at radius 1 is 1.17 bits per heavy atom. The number of methoxy groups -OCH3 is 1. The molecule has 0 N–H and O–H groups in total. The van der Waals surface area contributed by atoms with Crippen molar-refractivity contribution in [3.63, 3.8) is 0 Å². The average molecular weight is 393 g/mol. The van der Waals surface area contributed by atoms with Gasteiger partial charge < -0.3 is 18.9 Å². The Morgan fingerprint density at radius 2 is 2.03 bits per heavy atom. The molecule has 29 heavy (non-hydrogen) atoms. The molecule has 0 bridgehead atoms. The molecule has 3 aromatic rings. The van der Waals surface area contributed by atoms with E-state index in [1.165, 1.54) is 0 Å². The Bertz CT molecular complexity index is 969. The summed E-state index contributed by atoms with van der Waals surface area (Å²) in [5.41, 5.74) is 2.04. The summed E-state index contributed by atoms with van der Waals surface area (Å²) in [5.74, 6) is 2.15. The van der Waals surface area contributed by atoms with Crippen LogP contribution in [0.5, 0.6) is 11.5 Å². The Balaban J connectivity index is 1.29. The van der Waals surface area contributed by atoms with Crippen LogP contribution >= 0.6 is 0 Å². The number of aryl methyl sites for hydroxylation is 1. The minimum absolute atomic E-state index is 0.203. The lowest BCUT2D eigenvalue weighted by atomic mass is 9.98. The lowest BCUT2D eigenvalue weighted by Crippen LogP contribution is -2.41. The van der Waals surface area contributed by atoms with Crippen LogP contribution in [-0.4, -0.2) is 47.2 Å². The number of ether oxygens (including phenoxy) is 2. The maximum absolute atomic E-state index is 12.8. The van der Waals surface area contributed by atoms with E-state index < -0.39 is 0 Å². The summed E-state index contributed by atoms with van der Waals surface area (Å²) in [5, 5.41) is 0. The third kappa shape index (κ3) is 4.70. The smallest absolute Gasteiger partial charge is 0.224 e. The average Bonchev–Trinajstić information content (AvgIpc) is 3.19. The van der Waals surface area contributed by atoms with Gasteiger partial charge in [0, 0.05) is 38.0 Å². The molecule has 0 radical (unpaired) electrons. The number of carbonyl (C=O) groups excluding carboxylic acids is 1. The van der Waals surface area contributed by atoms with E-state index in [1.54, 1.807) is 7.11 Å². The highest BCUT2D eigenvalue weighted by Gasteiger charge is 2.24. The van der Waals surface area contributed by atoms with Crippen LogP contribution in [0.4, 0.5) is 0 Å². The quantitative estimate of drug-likeness (QED) is 0.613. The van der Waals surface area contributed by atoms with Crippen molar-refractivity contribution in [3.05, 3.63) is 54.9 Å². The number of carbonyl (C=O) groups is 1. The Kier molecular flexibility index (Phi) is 5.98. The maximum atomic E-state index is 12.8. The van der Waals surface area contributed by atoms with Gasteiger partial charge in [0.25, 0.3) is 0 Å². The van der Waals surface area contributed by atoms with Gasteiger partial charge in [-0.25, -0.2) is 4.98 Å². The molecule has 1 atom stereocenters. The van der Waals surface area contributed by atoms with Crippen molar-refractivity contribution in [1.82, 2.24) is 14.5 Å². The van der Waals surface area contributed by atoms with Crippen molar-refractivity contribution in [3.8, 4) is 11.5 Å². The molecule has 4 rings (SSSR count). The topological polar surface area (TPSA) is 56.6 Å². The SMILES string of the molecule is COc1cccc(OCC2CCCN(C(=O)CCn3cnc4ccccc43)C2)c1. The number of nitrogens with zero attached hydrogens (tertiary/aromatic N) is 3. The third-order valence-corrected chi connectivity index (χ3v) is 5.49. The molecule has 1 amide bonds. The van der Waals surface area contributed by atoms with E-state index in [1.807, 2.05) is 59.8 Å². The molecule has 2 heterocycles. The summed E-state index contributed by atoms with van der Waals surface area (Å²) >= 11 is 0. The van der Waals surface area contributed by atoms with Crippen molar-refractivity contribution in [2.45, 2.75) is 25.8 Å². The molecule has 1 unspecified atom stereocenters. The first-order valence-electron chi connectivity index (χ1n) is 10.2. The van der Waals surface area contributed by atoms with Gasteiger partial charge in [-0.05, 0) is 37.1 Å². The second kappa shape index (κ2) is 8.99. The van der Waals surface area contributed by atoms with E-state index in [4.69, 9.17) is 9.47 Å². The number of aromatic nitrogens is 2. The number of piperidine rings is 1. The van der Waals surface area contributed by atoms with E-state index in [-0.39, 0.29) is 5.91 Å². The van der Waals surface area contributed by atoms with Gasteiger partial charge in [0.2, 0.25) is 5.91 Å². The molecule has 0 spiro atoms. The van der Waals surface area contributed by atoms with Crippen LogP contribution in [0.1, 0.15) is 19.3 Å². The van der Waals surface area contributed by atoms with E-state index in [9.17, 15) is 4.79 Å².